The minimum Gasteiger partial charge on any atom is -0.486 e. The second kappa shape index (κ2) is 7.64. The number of hydrogen-bond acceptors (Lipinski definition) is 5. The molecule has 1 aromatic rings. The van der Waals surface area contributed by atoms with Gasteiger partial charge in [0.25, 0.3) is 0 Å². The van der Waals surface area contributed by atoms with E-state index < -0.39 is 11.7 Å². The van der Waals surface area contributed by atoms with Crippen molar-refractivity contribution < 1.29 is 19.0 Å². The molecule has 1 amide bonds. The third kappa shape index (κ3) is 5.71. The van der Waals surface area contributed by atoms with Crippen LogP contribution in [0.2, 0.25) is 5.02 Å². The van der Waals surface area contributed by atoms with E-state index >= 15 is 0 Å². The molecule has 0 saturated heterocycles. The zero-order valence-corrected chi connectivity index (χ0v) is 14.5. The molecule has 128 valence electrons. The smallest absolute Gasteiger partial charge is 0.407 e. The molecule has 23 heavy (non-hydrogen) atoms. The summed E-state index contributed by atoms with van der Waals surface area (Å²) >= 11 is 6.21. The zero-order chi connectivity index (χ0) is 16.9. The third-order valence-electron chi connectivity index (χ3n) is 2.97. The first-order chi connectivity index (χ1) is 10.8. The Morgan fingerprint density at radius 3 is 2.52 bits per heavy atom. The minimum atomic E-state index is -0.485. The van der Waals surface area contributed by atoms with Gasteiger partial charge in [-0.2, -0.15) is 0 Å². The number of anilines is 1. The maximum absolute atomic E-state index is 11.5. The molecule has 0 aliphatic carbocycles. The Kier molecular flexibility index (Phi) is 5.82. The van der Waals surface area contributed by atoms with Crippen LogP contribution in [0, 0.1) is 0 Å². The molecule has 0 unspecified atom stereocenters. The van der Waals surface area contributed by atoms with E-state index in [9.17, 15) is 4.79 Å². The second-order valence-corrected chi connectivity index (χ2v) is 6.59. The van der Waals surface area contributed by atoms with E-state index in [-0.39, 0.29) is 0 Å². The van der Waals surface area contributed by atoms with Crippen molar-refractivity contribution in [1.29, 1.82) is 0 Å². The van der Waals surface area contributed by atoms with E-state index in [4.69, 9.17) is 25.8 Å². The molecule has 1 aliphatic heterocycles. The summed E-state index contributed by atoms with van der Waals surface area (Å²) in [6, 6.07) is 3.58. The molecule has 2 rings (SSSR count). The van der Waals surface area contributed by atoms with Crippen molar-refractivity contribution in [2.75, 3.05) is 31.6 Å². The van der Waals surface area contributed by atoms with Crippen molar-refractivity contribution in [3.05, 3.63) is 17.2 Å². The number of benzene rings is 1. The lowest BCUT2D eigenvalue weighted by molar-refractivity contribution is 0.0528. The Morgan fingerprint density at radius 1 is 1.22 bits per heavy atom. The van der Waals surface area contributed by atoms with Crippen molar-refractivity contribution >= 4 is 23.4 Å². The van der Waals surface area contributed by atoms with Gasteiger partial charge in [0, 0.05) is 25.2 Å². The molecule has 0 spiro atoms. The fourth-order valence-corrected chi connectivity index (χ4v) is 2.24. The van der Waals surface area contributed by atoms with Gasteiger partial charge in [0.1, 0.15) is 18.8 Å². The Bertz CT molecular complexity index is 558. The lowest BCUT2D eigenvalue weighted by Crippen LogP contribution is -2.33. The maximum Gasteiger partial charge on any atom is 0.407 e. The average molecular weight is 343 g/mol. The highest BCUT2D eigenvalue weighted by Gasteiger charge is 2.16. The van der Waals surface area contributed by atoms with Crippen LogP contribution in [-0.2, 0) is 4.74 Å². The molecular weight excluding hydrogens is 320 g/mol. The Hall–Kier alpha value is -1.82. The van der Waals surface area contributed by atoms with Crippen LogP contribution in [-0.4, -0.2) is 38.0 Å². The molecule has 7 heteroatoms. The van der Waals surface area contributed by atoms with E-state index in [1.54, 1.807) is 6.07 Å². The number of carbonyl (C=O) groups is 1. The number of hydrogen-bond donors (Lipinski definition) is 2. The van der Waals surface area contributed by atoms with Gasteiger partial charge in [0.05, 0.1) is 10.7 Å². The minimum absolute atomic E-state index is 0.408. The maximum atomic E-state index is 11.5. The van der Waals surface area contributed by atoms with Crippen LogP contribution in [0.25, 0.3) is 0 Å². The summed E-state index contributed by atoms with van der Waals surface area (Å²) in [6.45, 7) is 7.74. The molecule has 2 N–H and O–H groups in total. The fourth-order valence-electron chi connectivity index (χ4n) is 2.02. The standard InChI is InChI=1S/C16H23ClN2O4/c1-16(2,3)23-15(20)19-6-4-5-18-12-10-14-13(9-11(12)17)21-7-8-22-14/h9-10,18H,4-8H2,1-3H3,(H,19,20). The monoisotopic (exact) mass is 342 g/mol. The van der Waals surface area contributed by atoms with Crippen LogP contribution in [0.4, 0.5) is 10.5 Å². The summed E-state index contributed by atoms with van der Waals surface area (Å²) < 4.78 is 16.2. The average Bonchev–Trinajstić information content (AvgIpc) is 2.45. The molecular formula is C16H23ClN2O4. The summed E-state index contributed by atoms with van der Waals surface area (Å²) in [6.07, 6.45) is 0.333. The lowest BCUT2D eigenvalue weighted by Gasteiger charge is -2.20. The van der Waals surface area contributed by atoms with Gasteiger partial charge < -0.3 is 24.8 Å². The van der Waals surface area contributed by atoms with Gasteiger partial charge in [0.15, 0.2) is 11.5 Å². The number of carbonyl (C=O) groups excluding carboxylic acids is 1. The van der Waals surface area contributed by atoms with Crippen molar-refractivity contribution in [3.8, 4) is 11.5 Å². The molecule has 0 saturated carbocycles. The molecule has 0 bridgehead atoms. The summed E-state index contributed by atoms with van der Waals surface area (Å²) in [5, 5.41) is 6.51. The molecule has 6 nitrogen and oxygen atoms in total. The van der Waals surface area contributed by atoms with Crippen LogP contribution in [0.3, 0.4) is 0 Å². The van der Waals surface area contributed by atoms with E-state index in [0.29, 0.717) is 42.8 Å². The van der Waals surface area contributed by atoms with Crippen LogP contribution >= 0.6 is 11.6 Å². The number of halogens is 1. The van der Waals surface area contributed by atoms with Gasteiger partial charge in [-0.1, -0.05) is 11.6 Å². The third-order valence-corrected chi connectivity index (χ3v) is 3.28. The van der Waals surface area contributed by atoms with E-state index in [1.165, 1.54) is 0 Å². The lowest BCUT2D eigenvalue weighted by atomic mass is 10.2. The molecule has 1 aromatic carbocycles. The number of nitrogens with one attached hydrogen (secondary N) is 2. The predicted octanol–water partition coefficient (Wildman–Crippen LogP) is 3.44. The predicted molar refractivity (Wildman–Crippen MR) is 89.8 cm³/mol. The van der Waals surface area contributed by atoms with Gasteiger partial charge in [-0.25, -0.2) is 4.79 Å². The van der Waals surface area contributed by atoms with Gasteiger partial charge in [-0.15, -0.1) is 0 Å². The number of fused-ring (bicyclic) bond motifs is 1. The zero-order valence-electron chi connectivity index (χ0n) is 13.7. The molecule has 1 heterocycles. The number of alkyl carbamates (subject to hydrolysis) is 1. The van der Waals surface area contributed by atoms with Crippen molar-refractivity contribution in [2.45, 2.75) is 32.8 Å². The van der Waals surface area contributed by atoms with E-state index in [0.717, 1.165) is 12.1 Å². The summed E-state index contributed by atoms with van der Waals surface area (Å²) in [7, 11) is 0. The highest BCUT2D eigenvalue weighted by Crippen LogP contribution is 2.37. The second-order valence-electron chi connectivity index (χ2n) is 6.18. The highest BCUT2D eigenvalue weighted by atomic mass is 35.5. The first kappa shape index (κ1) is 17.5. The molecule has 0 atom stereocenters. The number of rotatable bonds is 5. The number of ether oxygens (including phenoxy) is 3. The SMILES string of the molecule is CC(C)(C)OC(=O)NCCCNc1cc2c(cc1Cl)OCCO2. The van der Waals surface area contributed by atoms with E-state index in [2.05, 4.69) is 10.6 Å². The quantitative estimate of drug-likeness (QED) is 0.802. The molecule has 0 radical (unpaired) electrons. The Balaban J connectivity index is 1.73. The summed E-state index contributed by atoms with van der Waals surface area (Å²) in [5.74, 6) is 1.36. The van der Waals surface area contributed by atoms with Crippen LogP contribution in [0.5, 0.6) is 11.5 Å². The normalized spacial score (nSPS) is 13.4. The van der Waals surface area contributed by atoms with Crippen LogP contribution in [0.15, 0.2) is 12.1 Å². The van der Waals surface area contributed by atoms with Crippen molar-refractivity contribution in [2.24, 2.45) is 0 Å². The highest BCUT2D eigenvalue weighted by molar-refractivity contribution is 6.33. The first-order valence-corrected chi connectivity index (χ1v) is 8.03. The van der Waals surface area contributed by atoms with Gasteiger partial charge in [-0.05, 0) is 27.2 Å². The number of amides is 1. The van der Waals surface area contributed by atoms with E-state index in [1.807, 2.05) is 26.8 Å². The van der Waals surface area contributed by atoms with Crippen molar-refractivity contribution in [1.82, 2.24) is 5.32 Å². The van der Waals surface area contributed by atoms with Gasteiger partial charge in [-0.3, -0.25) is 0 Å². The van der Waals surface area contributed by atoms with Crippen LogP contribution in [0.1, 0.15) is 27.2 Å². The summed E-state index contributed by atoms with van der Waals surface area (Å²) in [5.41, 5.74) is 0.300. The largest absolute Gasteiger partial charge is 0.486 e. The Labute approximate surface area is 141 Å². The topological polar surface area (TPSA) is 68.8 Å². The van der Waals surface area contributed by atoms with Crippen LogP contribution < -0.4 is 20.1 Å². The van der Waals surface area contributed by atoms with Gasteiger partial charge in [0.2, 0.25) is 0 Å². The summed E-state index contributed by atoms with van der Waals surface area (Å²) in [4.78, 5) is 11.5. The Morgan fingerprint density at radius 2 is 1.87 bits per heavy atom. The fraction of sp³-hybridized carbons (Fsp3) is 0.562. The molecule has 0 aromatic heterocycles. The molecule has 0 fully saturated rings. The van der Waals surface area contributed by atoms with Gasteiger partial charge >= 0.3 is 6.09 Å². The van der Waals surface area contributed by atoms with Crippen molar-refractivity contribution in [3.63, 3.8) is 0 Å². The first-order valence-electron chi connectivity index (χ1n) is 7.65. The molecule has 1 aliphatic rings.